The van der Waals surface area contributed by atoms with Gasteiger partial charge in [0.2, 0.25) is 4.73 Å². The summed E-state index contributed by atoms with van der Waals surface area (Å²) in [6.45, 7) is 0.0488. The molecular weight excluding hydrogens is 496 g/mol. The Hall–Kier alpha value is -2.10. The Morgan fingerprint density at radius 1 is 1.07 bits per heavy atom. The zero-order valence-electron chi connectivity index (χ0n) is 13.8. The zero-order valence-corrected chi connectivity index (χ0v) is 17.7. The molecule has 0 spiro atoms. The van der Waals surface area contributed by atoms with Crippen LogP contribution in [0, 0.1) is 0 Å². The molecule has 2 aromatic carbocycles. The van der Waals surface area contributed by atoms with Gasteiger partial charge in [0.1, 0.15) is 6.54 Å². The van der Waals surface area contributed by atoms with Crippen LogP contribution in [0.5, 0.6) is 0 Å². The van der Waals surface area contributed by atoms with E-state index in [1.54, 1.807) is 22.3 Å². The molecule has 0 N–H and O–H groups in total. The second-order valence-corrected chi connectivity index (χ2v) is 8.49. The second-order valence-electron chi connectivity index (χ2n) is 5.71. The van der Waals surface area contributed by atoms with E-state index in [2.05, 4.69) is 41.9 Å². The van der Waals surface area contributed by atoms with Crippen molar-refractivity contribution in [3.05, 3.63) is 75.8 Å². The van der Waals surface area contributed by atoms with Crippen LogP contribution in [0.1, 0.15) is 10.4 Å². The van der Waals surface area contributed by atoms with Gasteiger partial charge in [0, 0.05) is 17.1 Å². The number of rotatable bonds is 5. The molecule has 0 saturated carbocycles. The Morgan fingerprint density at radius 3 is 2.56 bits per heavy atom. The second kappa shape index (κ2) is 7.49. The van der Waals surface area contributed by atoms with Crippen LogP contribution < -0.4 is 0 Å². The van der Waals surface area contributed by atoms with E-state index in [1.807, 2.05) is 42.5 Å². The minimum Gasteiger partial charge on any atom is -0.292 e. The third-order valence-corrected chi connectivity index (χ3v) is 6.27. The lowest BCUT2D eigenvalue weighted by Gasteiger charge is -2.07. The Bertz CT molecular complexity index is 1170. The molecule has 0 aliphatic rings. The topological polar surface area (TPSA) is 69.8 Å². The van der Waals surface area contributed by atoms with Crippen LogP contribution in [-0.2, 0) is 17.5 Å². The van der Waals surface area contributed by atoms with Crippen LogP contribution >= 0.6 is 31.9 Å². The molecule has 1 unspecified atom stereocenters. The first-order chi connectivity index (χ1) is 13.0. The predicted octanol–water partition coefficient (Wildman–Crippen LogP) is 4.21. The minimum atomic E-state index is -1.39. The Kier molecular flexibility index (Phi) is 5.07. The number of nitrogens with zero attached hydrogens (tertiary/aromatic N) is 4. The summed E-state index contributed by atoms with van der Waals surface area (Å²) in [4.78, 5) is 17.4. The fourth-order valence-corrected chi connectivity index (χ4v) is 4.79. The lowest BCUT2D eigenvalue weighted by atomic mass is 10.1. The van der Waals surface area contributed by atoms with Crippen molar-refractivity contribution in [3.8, 4) is 0 Å². The van der Waals surface area contributed by atoms with Crippen LogP contribution in [0.15, 0.2) is 75.2 Å². The van der Waals surface area contributed by atoms with Gasteiger partial charge < -0.3 is 0 Å². The Morgan fingerprint density at radius 2 is 1.85 bits per heavy atom. The van der Waals surface area contributed by atoms with E-state index in [0.717, 1.165) is 10.9 Å². The molecule has 0 aliphatic carbocycles. The van der Waals surface area contributed by atoms with Gasteiger partial charge in [-0.05, 0) is 56.1 Å². The molecule has 27 heavy (non-hydrogen) atoms. The number of ketones is 1. The zero-order chi connectivity index (χ0) is 19.0. The molecule has 136 valence electrons. The van der Waals surface area contributed by atoms with Gasteiger partial charge in [-0.2, -0.15) is 4.98 Å². The maximum absolute atomic E-state index is 12.9. The molecule has 2 aromatic heterocycles. The molecule has 1 atom stereocenters. The quantitative estimate of drug-likeness (QED) is 0.379. The highest BCUT2D eigenvalue weighted by Crippen LogP contribution is 2.22. The summed E-state index contributed by atoms with van der Waals surface area (Å²) in [5, 5.41) is 5.03. The van der Waals surface area contributed by atoms with Gasteiger partial charge in [-0.25, -0.2) is 8.89 Å². The smallest absolute Gasteiger partial charge is 0.218 e. The largest absolute Gasteiger partial charge is 0.292 e. The van der Waals surface area contributed by atoms with Crippen molar-refractivity contribution in [2.75, 3.05) is 0 Å². The fraction of sp³-hybridized carbons (Fsp3) is 0.0556. The number of carbonyl (C=O) groups excluding carboxylic acids is 1. The number of benzene rings is 2. The van der Waals surface area contributed by atoms with Crippen molar-refractivity contribution in [3.63, 3.8) is 0 Å². The molecule has 9 heteroatoms. The van der Waals surface area contributed by atoms with Crippen molar-refractivity contribution in [1.29, 1.82) is 0 Å². The van der Waals surface area contributed by atoms with Crippen molar-refractivity contribution in [2.45, 2.75) is 11.4 Å². The number of hydrogen-bond acceptors (Lipinski definition) is 4. The number of hydrogen-bond donors (Lipinski definition) is 0. The van der Waals surface area contributed by atoms with E-state index in [4.69, 9.17) is 0 Å². The van der Waals surface area contributed by atoms with Gasteiger partial charge >= 0.3 is 0 Å². The fourth-order valence-electron chi connectivity index (χ4n) is 2.70. The maximum Gasteiger partial charge on any atom is 0.218 e. The van der Waals surface area contributed by atoms with E-state index in [9.17, 15) is 9.00 Å². The number of Topliss-reactive ketones (excluding diaryl/α,β-unsaturated/α-hetero) is 1. The Balaban J connectivity index is 1.68. The maximum atomic E-state index is 12.9. The standard InChI is InChI=1S/C18H12Br2N4O2S/c19-17-21-18(20)23(22-17)11-16(25)13-7-6-12-8-9-24(15(12)10-13)27(26)14-4-2-1-3-5-14/h1-10H,11H2. The molecule has 0 saturated heterocycles. The first kappa shape index (κ1) is 18.3. The molecule has 0 fully saturated rings. The van der Waals surface area contributed by atoms with E-state index >= 15 is 0 Å². The van der Waals surface area contributed by atoms with Crippen molar-refractivity contribution in [2.24, 2.45) is 0 Å². The Labute approximate surface area is 174 Å². The number of carbonyl (C=O) groups is 1. The summed E-state index contributed by atoms with van der Waals surface area (Å²) in [7, 11) is -1.39. The van der Waals surface area contributed by atoms with Gasteiger partial charge in [0.15, 0.2) is 21.5 Å². The van der Waals surface area contributed by atoms with E-state index in [1.165, 1.54) is 4.68 Å². The van der Waals surface area contributed by atoms with Gasteiger partial charge in [-0.1, -0.05) is 30.3 Å². The van der Waals surface area contributed by atoms with Crippen LogP contribution in [-0.4, -0.2) is 28.7 Å². The third kappa shape index (κ3) is 3.67. The van der Waals surface area contributed by atoms with Crippen molar-refractivity contribution in [1.82, 2.24) is 18.7 Å². The summed E-state index contributed by atoms with van der Waals surface area (Å²) in [6, 6.07) is 16.5. The van der Waals surface area contributed by atoms with Gasteiger partial charge in [-0.15, -0.1) is 5.10 Å². The number of halogens is 2. The molecule has 4 aromatic rings. The monoisotopic (exact) mass is 506 g/mol. The molecular formula is C18H12Br2N4O2S. The number of fused-ring (bicyclic) bond motifs is 1. The number of aromatic nitrogens is 4. The lowest BCUT2D eigenvalue weighted by Crippen LogP contribution is -2.12. The molecule has 0 aliphatic heterocycles. The van der Waals surface area contributed by atoms with Gasteiger partial charge in [0.25, 0.3) is 0 Å². The molecule has 4 rings (SSSR count). The summed E-state index contributed by atoms with van der Waals surface area (Å²) in [6.07, 6.45) is 1.77. The molecule has 6 nitrogen and oxygen atoms in total. The van der Waals surface area contributed by atoms with Crippen LogP contribution in [0.2, 0.25) is 0 Å². The summed E-state index contributed by atoms with van der Waals surface area (Å²) in [5.74, 6) is -0.117. The normalized spacial score (nSPS) is 12.4. The van der Waals surface area contributed by atoms with E-state index in [0.29, 0.717) is 19.9 Å². The van der Waals surface area contributed by atoms with Crippen LogP contribution in [0.3, 0.4) is 0 Å². The average Bonchev–Trinajstić information content (AvgIpc) is 3.23. The van der Waals surface area contributed by atoms with Gasteiger partial charge in [0.05, 0.1) is 10.4 Å². The van der Waals surface area contributed by atoms with Crippen molar-refractivity contribution < 1.29 is 9.00 Å². The highest BCUT2D eigenvalue weighted by molar-refractivity contribution is 9.11. The highest BCUT2D eigenvalue weighted by Gasteiger charge is 2.15. The van der Waals surface area contributed by atoms with Crippen LogP contribution in [0.4, 0.5) is 0 Å². The van der Waals surface area contributed by atoms with Gasteiger partial charge in [-0.3, -0.25) is 8.77 Å². The van der Waals surface area contributed by atoms with Crippen molar-refractivity contribution >= 4 is 59.5 Å². The summed E-state index contributed by atoms with van der Waals surface area (Å²) >= 11 is 6.45. The SMILES string of the molecule is O=C(Cn1nc(Br)nc1Br)c1ccc2ccn(S(=O)c3ccccc3)c2c1. The average molecular weight is 508 g/mol. The first-order valence-corrected chi connectivity index (χ1v) is 10.6. The van der Waals surface area contributed by atoms with Crippen LogP contribution in [0.25, 0.3) is 10.9 Å². The highest BCUT2D eigenvalue weighted by atomic mass is 79.9. The molecule has 0 bridgehead atoms. The predicted molar refractivity (Wildman–Crippen MR) is 110 cm³/mol. The molecule has 0 radical (unpaired) electrons. The summed E-state index contributed by atoms with van der Waals surface area (Å²) in [5.41, 5.74) is 1.26. The molecule has 2 heterocycles. The summed E-state index contributed by atoms with van der Waals surface area (Å²) < 4.78 is 16.9. The lowest BCUT2D eigenvalue weighted by molar-refractivity contribution is 0.0966. The van der Waals surface area contributed by atoms with E-state index in [-0.39, 0.29) is 12.3 Å². The van der Waals surface area contributed by atoms with E-state index < -0.39 is 11.0 Å². The first-order valence-electron chi connectivity index (χ1n) is 7.90. The molecule has 0 amide bonds. The minimum absolute atomic E-state index is 0.0488. The third-order valence-electron chi connectivity index (χ3n) is 4.00.